The lowest BCUT2D eigenvalue weighted by Crippen LogP contribution is -2.33. The summed E-state index contributed by atoms with van der Waals surface area (Å²) in [4.78, 5) is 24.5. The molecule has 0 unspecified atom stereocenters. The third-order valence-corrected chi connectivity index (χ3v) is 3.99. The molecule has 0 aliphatic rings. The quantitative estimate of drug-likeness (QED) is 0.581. The van der Waals surface area contributed by atoms with Gasteiger partial charge in [0.05, 0.1) is 11.4 Å². The predicted octanol–water partition coefficient (Wildman–Crippen LogP) is 2.65. The molecule has 0 radical (unpaired) electrons. The zero-order valence-corrected chi connectivity index (χ0v) is 15.0. The van der Waals surface area contributed by atoms with Crippen molar-refractivity contribution in [3.63, 3.8) is 0 Å². The largest absolute Gasteiger partial charge is 0.368 e. The number of carbonyl (C=O) groups excluding carboxylic acids is 1. The molecule has 3 N–H and O–H groups in total. The van der Waals surface area contributed by atoms with Crippen LogP contribution in [0.2, 0.25) is 0 Å². The minimum Gasteiger partial charge on any atom is -0.368 e. The van der Waals surface area contributed by atoms with Crippen LogP contribution in [0.15, 0.2) is 43.0 Å². The molecule has 0 atom stereocenters. The summed E-state index contributed by atoms with van der Waals surface area (Å²) in [6, 6.07) is 7.31. The van der Waals surface area contributed by atoms with Gasteiger partial charge in [-0.25, -0.2) is 24.1 Å². The molecule has 0 bridgehead atoms. The number of aryl methyl sites for hydroxylation is 1. The van der Waals surface area contributed by atoms with Crippen LogP contribution in [0.4, 0.5) is 20.7 Å². The number of nitrogens with one attached hydrogen (secondary N) is 3. The topological polar surface area (TPSA) is 96.8 Å². The summed E-state index contributed by atoms with van der Waals surface area (Å²) in [5, 5.41) is 8.22. The van der Waals surface area contributed by atoms with Crippen molar-refractivity contribution in [2.75, 3.05) is 23.7 Å². The number of imidazole rings is 1. The molecular formula is C18H20FN7O. The summed E-state index contributed by atoms with van der Waals surface area (Å²) in [7, 11) is 0. The van der Waals surface area contributed by atoms with Crippen molar-refractivity contribution in [2.45, 2.75) is 13.8 Å². The SMILES string of the molecule is Cc1ncn(-c2cc(NCCNC(=O)Nc3ccccc3F)ncn2)c1C. The predicted molar refractivity (Wildman–Crippen MR) is 101 cm³/mol. The second kappa shape index (κ2) is 8.26. The number of hydrogen-bond acceptors (Lipinski definition) is 5. The molecule has 0 spiro atoms. The molecule has 2 aromatic heterocycles. The average Bonchev–Trinajstić information content (AvgIpc) is 3.00. The zero-order valence-electron chi connectivity index (χ0n) is 15.0. The molecule has 0 fully saturated rings. The van der Waals surface area contributed by atoms with E-state index in [1.54, 1.807) is 24.5 Å². The summed E-state index contributed by atoms with van der Waals surface area (Å²) in [6.07, 6.45) is 3.18. The van der Waals surface area contributed by atoms with Crippen LogP contribution in [-0.2, 0) is 0 Å². The lowest BCUT2D eigenvalue weighted by molar-refractivity contribution is 0.252. The molecule has 140 valence electrons. The lowest BCUT2D eigenvalue weighted by atomic mass is 10.3. The van der Waals surface area contributed by atoms with Gasteiger partial charge in [-0.15, -0.1) is 0 Å². The minimum atomic E-state index is -0.482. The fourth-order valence-corrected chi connectivity index (χ4v) is 2.40. The highest BCUT2D eigenvalue weighted by Gasteiger charge is 2.07. The number of anilines is 2. The summed E-state index contributed by atoms with van der Waals surface area (Å²) < 4.78 is 15.4. The summed E-state index contributed by atoms with van der Waals surface area (Å²) in [5.74, 6) is 0.849. The average molecular weight is 369 g/mol. The molecule has 1 aromatic carbocycles. The molecule has 0 aliphatic carbocycles. The van der Waals surface area contributed by atoms with Gasteiger partial charge in [0.1, 0.15) is 30.1 Å². The van der Waals surface area contributed by atoms with Crippen molar-refractivity contribution in [2.24, 2.45) is 0 Å². The second-order valence-corrected chi connectivity index (χ2v) is 5.83. The second-order valence-electron chi connectivity index (χ2n) is 5.83. The van der Waals surface area contributed by atoms with Crippen LogP contribution in [0.1, 0.15) is 11.4 Å². The van der Waals surface area contributed by atoms with Gasteiger partial charge in [0.15, 0.2) is 0 Å². The van der Waals surface area contributed by atoms with Crippen LogP contribution in [0.5, 0.6) is 0 Å². The highest BCUT2D eigenvalue weighted by molar-refractivity contribution is 5.89. The molecule has 3 rings (SSSR count). The Balaban J connectivity index is 1.49. The first-order valence-electron chi connectivity index (χ1n) is 8.41. The molecule has 3 aromatic rings. The number of nitrogens with zero attached hydrogens (tertiary/aromatic N) is 4. The minimum absolute atomic E-state index is 0.134. The van der Waals surface area contributed by atoms with E-state index >= 15 is 0 Å². The number of urea groups is 1. The number of amides is 2. The number of para-hydroxylation sites is 1. The van der Waals surface area contributed by atoms with E-state index in [4.69, 9.17) is 0 Å². The van der Waals surface area contributed by atoms with Crippen molar-refractivity contribution in [3.8, 4) is 5.82 Å². The van der Waals surface area contributed by atoms with Gasteiger partial charge < -0.3 is 16.0 Å². The molecule has 2 amide bonds. The Labute approximate surface area is 155 Å². The van der Waals surface area contributed by atoms with Crippen molar-refractivity contribution in [1.29, 1.82) is 0 Å². The van der Waals surface area contributed by atoms with E-state index in [2.05, 4.69) is 30.9 Å². The first kappa shape index (κ1) is 18.3. The molecule has 8 nitrogen and oxygen atoms in total. The van der Waals surface area contributed by atoms with Crippen LogP contribution in [0, 0.1) is 19.7 Å². The van der Waals surface area contributed by atoms with Crippen molar-refractivity contribution in [3.05, 3.63) is 60.2 Å². The summed E-state index contributed by atoms with van der Waals surface area (Å²) in [5.41, 5.74) is 2.08. The first-order chi connectivity index (χ1) is 13.0. The molecule has 0 aliphatic heterocycles. The fraction of sp³-hybridized carbons (Fsp3) is 0.222. The number of benzene rings is 1. The molecule has 0 saturated carbocycles. The van der Waals surface area contributed by atoms with Gasteiger partial charge >= 0.3 is 6.03 Å². The van der Waals surface area contributed by atoms with E-state index in [0.717, 1.165) is 11.4 Å². The van der Waals surface area contributed by atoms with Gasteiger partial charge in [-0.1, -0.05) is 12.1 Å². The van der Waals surface area contributed by atoms with Gasteiger partial charge in [0.25, 0.3) is 0 Å². The number of halogens is 1. The van der Waals surface area contributed by atoms with E-state index in [9.17, 15) is 9.18 Å². The van der Waals surface area contributed by atoms with Crippen LogP contribution in [0.3, 0.4) is 0 Å². The number of rotatable bonds is 6. The Kier molecular flexibility index (Phi) is 5.60. The van der Waals surface area contributed by atoms with Gasteiger partial charge in [0.2, 0.25) is 0 Å². The first-order valence-corrected chi connectivity index (χ1v) is 8.41. The normalized spacial score (nSPS) is 10.5. The van der Waals surface area contributed by atoms with Gasteiger partial charge in [0, 0.05) is 24.8 Å². The third kappa shape index (κ3) is 4.57. The van der Waals surface area contributed by atoms with E-state index < -0.39 is 11.8 Å². The smallest absolute Gasteiger partial charge is 0.319 e. The van der Waals surface area contributed by atoms with Gasteiger partial charge in [-0.05, 0) is 26.0 Å². The zero-order chi connectivity index (χ0) is 19.2. The van der Waals surface area contributed by atoms with E-state index in [-0.39, 0.29) is 5.69 Å². The Morgan fingerprint density at radius 3 is 2.70 bits per heavy atom. The lowest BCUT2D eigenvalue weighted by Gasteiger charge is -2.10. The van der Waals surface area contributed by atoms with Crippen LogP contribution in [0.25, 0.3) is 5.82 Å². The number of carbonyl (C=O) groups is 1. The van der Waals surface area contributed by atoms with Crippen molar-refractivity contribution < 1.29 is 9.18 Å². The van der Waals surface area contributed by atoms with Crippen molar-refractivity contribution in [1.82, 2.24) is 24.8 Å². The van der Waals surface area contributed by atoms with E-state index in [0.29, 0.717) is 24.7 Å². The highest BCUT2D eigenvalue weighted by Crippen LogP contribution is 2.14. The van der Waals surface area contributed by atoms with Crippen LogP contribution < -0.4 is 16.0 Å². The molecule has 9 heteroatoms. The molecule has 2 heterocycles. The molecular weight excluding hydrogens is 349 g/mol. The standard InChI is InChI=1S/C18H20FN7O/c1-12-13(2)26(11-24-12)17-9-16(22-10-23-17)20-7-8-21-18(27)25-15-6-4-3-5-14(15)19/h3-6,9-11H,7-8H2,1-2H3,(H,20,22,23)(H2,21,25,27). The summed E-state index contributed by atoms with van der Waals surface area (Å²) >= 11 is 0. The fourth-order valence-electron chi connectivity index (χ4n) is 2.40. The van der Waals surface area contributed by atoms with E-state index in [1.807, 2.05) is 18.4 Å². The molecule has 0 saturated heterocycles. The van der Waals surface area contributed by atoms with E-state index in [1.165, 1.54) is 18.5 Å². The Morgan fingerprint density at radius 2 is 1.96 bits per heavy atom. The maximum absolute atomic E-state index is 13.5. The third-order valence-electron chi connectivity index (χ3n) is 3.99. The number of aromatic nitrogens is 4. The summed E-state index contributed by atoms with van der Waals surface area (Å²) in [6.45, 7) is 4.69. The maximum atomic E-state index is 13.5. The van der Waals surface area contributed by atoms with Crippen LogP contribution >= 0.6 is 0 Å². The monoisotopic (exact) mass is 369 g/mol. The maximum Gasteiger partial charge on any atom is 0.319 e. The Morgan fingerprint density at radius 1 is 1.15 bits per heavy atom. The Bertz CT molecular complexity index is 941. The molecule has 27 heavy (non-hydrogen) atoms. The highest BCUT2D eigenvalue weighted by atomic mass is 19.1. The van der Waals surface area contributed by atoms with Gasteiger partial charge in [-0.2, -0.15) is 0 Å². The van der Waals surface area contributed by atoms with Crippen LogP contribution in [-0.4, -0.2) is 38.6 Å². The van der Waals surface area contributed by atoms with Crippen molar-refractivity contribution >= 4 is 17.5 Å². The Hall–Kier alpha value is -3.49. The number of hydrogen-bond donors (Lipinski definition) is 3. The van der Waals surface area contributed by atoms with Gasteiger partial charge in [-0.3, -0.25) is 4.57 Å².